The van der Waals surface area contributed by atoms with Crippen molar-refractivity contribution in [2.45, 2.75) is 38.6 Å². The van der Waals surface area contributed by atoms with Crippen molar-refractivity contribution in [1.29, 1.82) is 0 Å². The van der Waals surface area contributed by atoms with Gasteiger partial charge in [-0.15, -0.1) is 0 Å². The Hall–Kier alpha value is -2.05. The van der Waals surface area contributed by atoms with Gasteiger partial charge in [0.15, 0.2) is 0 Å². The number of rotatable bonds is 5. The second-order valence-corrected chi connectivity index (χ2v) is 7.01. The van der Waals surface area contributed by atoms with E-state index >= 15 is 0 Å². The second-order valence-electron chi connectivity index (χ2n) is 6.61. The van der Waals surface area contributed by atoms with E-state index in [0.29, 0.717) is 34.2 Å². The van der Waals surface area contributed by atoms with Crippen molar-refractivity contribution >= 4 is 40.1 Å². The molecule has 26 heavy (non-hydrogen) atoms. The van der Waals surface area contributed by atoms with Crippen molar-refractivity contribution in [2.24, 2.45) is 0 Å². The molecule has 1 aromatic carbocycles. The van der Waals surface area contributed by atoms with Gasteiger partial charge in [0.2, 0.25) is 5.91 Å². The van der Waals surface area contributed by atoms with Crippen LogP contribution >= 0.6 is 11.6 Å². The molecule has 1 aliphatic rings. The molecular formula is C19H24ClN3O3. The predicted octanol–water partition coefficient (Wildman–Crippen LogP) is 3.81. The van der Waals surface area contributed by atoms with Crippen LogP contribution in [0.2, 0.25) is 5.02 Å². The van der Waals surface area contributed by atoms with Gasteiger partial charge in [0.1, 0.15) is 5.69 Å². The van der Waals surface area contributed by atoms with Gasteiger partial charge in [0.25, 0.3) is 0 Å². The van der Waals surface area contributed by atoms with Gasteiger partial charge in [-0.3, -0.25) is 9.69 Å². The molecule has 1 unspecified atom stereocenters. The van der Waals surface area contributed by atoms with Crippen LogP contribution in [-0.2, 0) is 9.53 Å². The molecule has 2 N–H and O–H groups in total. The van der Waals surface area contributed by atoms with Crippen LogP contribution in [0.4, 0.5) is 5.69 Å². The van der Waals surface area contributed by atoms with E-state index in [4.69, 9.17) is 16.3 Å². The molecule has 3 rings (SSSR count). The molecule has 0 bridgehead atoms. The van der Waals surface area contributed by atoms with E-state index in [2.05, 4.69) is 22.1 Å². The monoisotopic (exact) mass is 377 g/mol. The number of halogens is 1. The maximum atomic E-state index is 12.7. The first-order chi connectivity index (χ1) is 12.5. The van der Waals surface area contributed by atoms with E-state index in [0.717, 1.165) is 25.8 Å². The van der Waals surface area contributed by atoms with Crippen LogP contribution in [0.1, 0.15) is 43.1 Å². The molecule has 2 aromatic rings. The van der Waals surface area contributed by atoms with Gasteiger partial charge in [-0.05, 0) is 37.9 Å². The lowest BCUT2D eigenvalue weighted by atomic mass is 10.00. The number of aromatic nitrogens is 1. The number of methoxy groups -OCH3 is 1. The van der Waals surface area contributed by atoms with E-state index in [-0.39, 0.29) is 11.6 Å². The average Bonchev–Trinajstić information content (AvgIpc) is 3.01. The SMILES string of the molecule is CCC1CCCCN1CC(=O)Nc1c(C(=O)OC)[nH]c2cccc(Cl)c12. The number of benzene rings is 1. The summed E-state index contributed by atoms with van der Waals surface area (Å²) in [7, 11) is 1.31. The van der Waals surface area contributed by atoms with Crippen LogP contribution in [0.25, 0.3) is 10.9 Å². The van der Waals surface area contributed by atoms with Crippen LogP contribution < -0.4 is 5.32 Å². The van der Waals surface area contributed by atoms with Gasteiger partial charge in [-0.25, -0.2) is 4.79 Å². The molecule has 140 valence electrons. The zero-order valence-corrected chi connectivity index (χ0v) is 15.9. The fourth-order valence-electron chi connectivity index (χ4n) is 3.68. The molecule has 1 aromatic heterocycles. The molecule has 1 fully saturated rings. The molecule has 0 aliphatic carbocycles. The second kappa shape index (κ2) is 8.10. The Morgan fingerprint density at radius 2 is 2.19 bits per heavy atom. The minimum absolute atomic E-state index is 0.156. The van der Waals surface area contributed by atoms with Crippen molar-refractivity contribution in [3.05, 3.63) is 28.9 Å². The van der Waals surface area contributed by atoms with Crippen LogP contribution in [-0.4, -0.2) is 48.0 Å². The molecular weight excluding hydrogens is 354 g/mol. The number of anilines is 1. The third-order valence-corrected chi connectivity index (χ3v) is 5.31. The molecule has 2 heterocycles. The number of fused-ring (bicyclic) bond motifs is 1. The number of hydrogen-bond acceptors (Lipinski definition) is 4. The molecule has 1 aliphatic heterocycles. The number of amides is 1. The zero-order valence-electron chi connectivity index (χ0n) is 15.1. The fourth-order valence-corrected chi connectivity index (χ4v) is 3.95. The smallest absolute Gasteiger partial charge is 0.356 e. The predicted molar refractivity (Wildman–Crippen MR) is 103 cm³/mol. The summed E-state index contributed by atoms with van der Waals surface area (Å²) in [5.74, 6) is -0.701. The number of carbonyl (C=O) groups is 2. The molecule has 0 saturated carbocycles. The molecule has 6 nitrogen and oxygen atoms in total. The summed E-state index contributed by atoms with van der Waals surface area (Å²) < 4.78 is 4.84. The fraction of sp³-hybridized carbons (Fsp3) is 0.474. The zero-order chi connectivity index (χ0) is 18.7. The first-order valence-corrected chi connectivity index (χ1v) is 9.35. The third-order valence-electron chi connectivity index (χ3n) is 4.99. The summed E-state index contributed by atoms with van der Waals surface area (Å²) in [5, 5.41) is 3.97. The van der Waals surface area contributed by atoms with Crippen molar-refractivity contribution in [3.8, 4) is 0 Å². The lowest BCUT2D eigenvalue weighted by Gasteiger charge is -2.34. The van der Waals surface area contributed by atoms with Gasteiger partial charge >= 0.3 is 5.97 Å². The summed E-state index contributed by atoms with van der Waals surface area (Å²) in [5.41, 5.74) is 1.26. The number of nitrogens with one attached hydrogen (secondary N) is 2. The summed E-state index contributed by atoms with van der Waals surface area (Å²) in [6.07, 6.45) is 4.47. The summed E-state index contributed by atoms with van der Waals surface area (Å²) in [4.78, 5) is 30.0. The molecule has 0 spiro atoms. The van der Waals surface area contributed by atoms with E-state index < -0.39 is 5.97 Å². The number of hydrogen-bond donors (Lipinski definition) is 2. The van der Waals surface area contributed by atoms with Crippen LogP contribution in [0.3, 0.4) is 0 Å². The molecule has 1 atom stereocenters. The largest absolute Gasteiger partial charge is 0.464 e. The Bertz CT molecular complexity index is 818. The number of nitrogens with zero attached hydrogens (tertiary/aromatic N) is 1. The van der Waals surface area contributed by atoms with Gasteiger partial charge in [-0.1, -0.05) is 31.0 Å². The standard InChI is InChI=1S/C19H24ClN3O3/c1-3-12-7-4-5-10-23(12)11-15(24)22-17-16-13(20)8-6-9-14(16)21-18(17)19(25)26-2/h6,8-9,12,21H,3-5,7,10-11H2,1-2H3,(H,22,24). The Kier molecular flexibility index (Phi) is 5.84. The van der Waals surface area contributed by atoms with Crippen LogP contribution in [0.15, 0.2) is 18.2 Å². The minimum Gasteiger partial charge on any atom is -0.464 e. The van der Waals surface area contributed by atoms with Crippen molar-refractivity contribution in [2.75, 3.05) is 25.5 Å². The number of carbonyl (C=O) groups excluding carboxylic acids is 2. The minimum atomic E-state index is -0.544. The van der Waals surface area contributed by atoms with Gasteiger partial charge in [-0.2, -0.15) is 0 Å². The van der Waals surface area contributed by atoms with Gasteiger partial charge in [0.05, 0.1) is 24.4 Å². The van der Waals surface area contributed by atoms with E-state index in [1.165, 1.54) is 13.5 Å². The number of ether oxygens (including phenoxy) is 1. The summed E-state index contributed by atoms with van der Waals surface area (Å²) in [6, 6.07) is 5.75. The summed E-state index contributed by atoms with van der Waals surface area (Å²) >= 11 is 6.31. The molecule has 1 saturated heterocycles. The molecule has 0 radical (unpaired) electrons. The molecule has 7 heteroatoms. The Morgan fingerprint density at radius 1 is 1.38 bits per heavy atom. The van der Waals surface area contributed by atoms with Crippen LogP contribution in [0.5, 0.6) is 0 Å². The van der Waals surface area contributed by atoms with Crippen molar-refractivity contribution in [1.82, 2.24) is 9.88 Å². The lowest BCUT2D eigenvalue weighted by Crippen LogP contribution is -2.43. The number of likely N-dealkylation sites (tertiary alicyclic amines) is 1. The number of piperidine rings is 1. The average molecular weight is 378 g/mol. The topological polar surface area (TPSA) is 74.4 Å². The first-order valence-electron chi connectivity index (χ1n) is 8.97. The van der Waals surface area contributed by atoms with E-state index in [9.17, 15) is 9.59 Å². The highest BCUT2D eigenvalue weighted by Gasteiger charge is 2.25. The normalized spacial score (nSPS) is 18.0. The highest BCUT2D eigenvalue weighted by atomic mass is 35.5. The summed E-state index contributed by atoms with van der Waals surface area (Å²) in [6.45, 7) is 3.37. The Morgan fingerprint density at radius 3 is 2.92 bits per heavy atom. The van der Waals surface area contributed by atoms with Gasteiger partial charge in [0, 0.05) is 16.9 Å². The highest BCUT2D eigenvalue weighted by Crippen LogP contribution is 2.34. The van der Waals surface area contributed by atoms with E-state index in [1.54, 1.807) is 18.2 Å². The molecule has 1 amide bonds. The Labute approximate surface area is 157 Å². The third kappa shape index (κ3) is 3.71. The first kappa shape index (κ1) is 18.7. The van der Waals surface area contributed by atoms with E-state index in [1.807, 2.05) is 0 Å². The van der Waals surface area contributed by atoms with Gasteiger partial charge < -0.3 is 15.0 Å². The highest BCUT2D eigenvalue weighted by molar-refractivity contribution is 6.37. The quantitative estimate of drug-likeness (QED) is 0.777. The maximum absolute atomic E-state index is 12.7. The van der Waals surface area contributed by atoms with Crippen molar-refractivity contribution in [3.63, 3.8) is 0 Å². The maximum Gasteiger partial charge on any atom is 0.356 e. The number of esters is 1. The number of H-pyrrole nitrogens is 1. The Balaban J connectivity index is 1.87. The van der Waals surface area contributed by atoms with Crippen LogP contribution in [0, 0.1) is 0 Å². The number of aromatic amines is 1. The lowest BCUT2D eigenvalue weighted by molar-refractivity contribution is -0.118. The van der Waals surface area contributed by atoms with Crippen molar-refractivity contribution < 1.29 is 14.3 Å².